The summed E-state index contributed by atoms with van der Waals surface area (Å²) in [5, 5.41) is 9.73. The van der Waals surface area contributed by atoms with Crippen molar-refractivity contribution in [3.8, 4) is 0 Å². The van der Waals surface area contributed by atoms with Gasteiger partial charge in [-0.15, -0.1) is 0 Å². The fourth-order valence-electron chi connectivity index (χ4n) is 6.29. The highest BCUT2D eigenvalue weighted by atomic mass is 16.3. The first-order valence-electron chi connectivity index (χ1n) is 12.2. The molecule has 30 heavy (non-hydrogen) atoms. The number of carbonyl (C=O) groups is 1. The normalized spacial score (nSPS) is 28.0. The quantitative estimate of drug-likeness (QED) is 0.829. The predicted octanol–water partition coefficient (Wildman–Crippen LogP) is 2.31. The molecule has 3 aliphatic heterocycles. The van der Waals surface area contributed by atoms with Crippen LogP contribution in [0.15, 0.2) is 24.3 Å². The van der Waals surface area contributed by atoms with Crippen LogP contribution in [0.1, 0.15) is 49.7 Å². The standard InChI is InChI=1S/C25H37N3O2/c29-24-9-14-27(15-10-24)25(30)21-6-3-11-28(18-21)22-7-12-26(13-8-22)23-16-19-4-1-2-5-20(19)17-23/h1-2,4-5,21-24,29H,3,6-18H2/t21-/m0/s1. The third-order valence-corrected chi connectivity index (χ3v) is 8.14. The van der Waals surface area contributed by atoms with Gasteiger partial charge in [0.1, 0.15) is 0 Å². The number of hydrogen-bond donors (Lipinski definition) is 1. The highest BCUT2D eigenvalue weighted by Crippen LogP contribution is 2.30. The monoisotopic (exact) mass is 411 g/mol. The molecule has 0 aromatic heterocycles. The Balaban J connectivity index is 1.12. The van der Waals surface area contributed by atoms with Gasteiger partial charge >= 0.3 is 0 Å². The number of carbonyl (C=O) groups excluding carboxylic acids is 1. The summed E-state index contributed by atoms with van der Waals surface area (Å²) in [4.78, 5) is 20.4. The Hall–Kier alpha value is -1.43. The molecule has 1 amide bonds. The van der Waals surface area contributed by atoms with E-state index in [1.54, 1.807) is 11.1 Å². The van der Waals surface area contributed by atoms with Gasteiger partial charge in [0.05, 0.1) is 12.0 Å². The average Bonchev–Trinajstić information content (AvgIpc) is 3.24. The van der Waals surface area contributed by atoms with Crippen molar-refractivity contribution in [1.29, 1.82) is 0 Å². The zero-order valence-corrected chi connectivity index (χ0v) is 18.2. The second-order valence-electron chi connectivity index (χ2n) is 9.99. The minimum Gasteiger partial charge on any atom is -0.393 e. The maximum absolute atomic E-state index is 13.0. The molecule has 5 nitrogen and oxygen atoms in total. The van der Waals surface area contributed by atoms with Crippen molar-refractivity contribution in [2.45, 2.75) is 69.6 Å². The number of benzene rings is 1. The molecule has 164 valence electrons. The van der Waals surface area contributed by atoms with Gasteiger partial charge in [-0.25, -0.2) is 0 Å². The summed E-state index contributed by atoms with van der Waals surface area (Å²) < 4.78 is 0. The number of fused-ring (bicyclic) bond motifs is 1. The molecule has 1 aliphatic carbocycles. The minimum atomic E-state index is -0.213. The molecule has 0 spiro atoms. The van der Waals surface area contributed by atoms with Gasteiger partial charge in [0.2, 0.25) is 5.91 Å². The lowest BCUT2D eigenvalue weighted by Crippen LogP contribution is -2.53. The molecule has 1 atom stereocenters. The van der Waals surface area contributed by atoms with E-state index in [1.165, 1.54) is 38.8 Å². The fourth-order valence-corrected chi connectivity index (χ4v) is 6.29. The van der Waals surface area contributed by atoms with Crippen LogP contribution < -0.4 is 0 Å². The molecule has 4 aliphatic rings. The van der Waals surface area contributed by atoms with E-state index < -0.39 is 0 Å². The SMILES string of the molecule is O=C([C@H]1CCCN(C2CCN(C3Cc4ccccc4C3)CC2)C1)N1CCC(O)CC1. The van der Waals surface area contributed by atoms with E-state index in [0.29, 0.717) is 18.0 Å². The maximum atomic E-state index is 13.0. The van der Waals surface area contributed by atoms with Gasteiger partial charge in [0.25, 0.3) is 0 Å². The van der Waals surface area contributed by atoms with Crippen molar-refractivity contribution in [2.75, 3.05) is 39.3 Å². The van der Waals surface area contributed by atoms with E-state index in [4.69, 9.17) is 0 Å². The summed E-state index contributed by atoms with van der Waals surface area (Å²) in [7, 11) is 0. The van der Waals surface area contributed by atoms with E-state index in [0.717, 1.165) is 51.9 Å². The lowest BCUT2D eigenvalue weighted by atomic mass is 9.92. The Morgan fingerprint density at radius 3 is 2.13 bits per heavy atom. The lowest BCUT2D eigenvalue weighted by molar-refractivity contribution is -0.139. The highest BCUT2D eigenvalue weighted by Gasteiger charge is 2.36. The molecule has 1 aromatic carbocycles. The summed E-state index contributed by atoms with van der Waals surface area (Å²) in [6.07, 6.45) is 8.36. The number of piperidine rings is 3. The van der Waals surface area contributed by atoms with Crippen molar-refractivity contribution >= 4 is 5.91 Å². The number of amides is 1. The van der Waals surface area contributed by atoms with Crippen LogP contribution in [-0.2, 0) is 17.6 Å². The van der Waals surface area contributed by atoms with Gasteiger partial charge in [-0.3, -0.25) is 14.6 Å². The second kappa shape index (κ2) is 8.97. The van der Waals surface area contributed by atoms with E-state index in [-0.39, 0.29) is 12.0 Å². The molecular weight excluding hydrogens is 374 g/mol. The minimum absolute atomic E-state index is 0.163. The van der Waals surface area contributed by atoms with Crippen LogP contribution in [0.4, 0.5) is 0 Å². The van der Waals surface area contributed by atoms with Gasteiger partial charge in [-0.05, 0) is 82.1 Å². The first-order chi connectivity index (χ1) is 14.7. The first-order valence-corrected chi connectivity index (χ1v) is 12.2. The van der Waals surface area contributed by atoms with Crippen molar-refractivity contribution < 1.29 is 9.90 Å². The Labute approximate surface area is 181 Å². The molecular formula is C25H37N3O2. The smallest absolute Gasteiger partial charge is 0.226 e. The van der Waals surface area contributed by atoms with Crippen molar-refractivity contribution in [1.82, 2.24) is 14.7 Å². The van der Waals surface area contributed by atoms with Gasteiger partial charge in [0.15, 0.2) is 0 Å². The van der Waals surface area contributed by atoms with Gasteiger partial charge in [-0.1, -0.05) is 24.3 Å². The van der Waals surface area contributed by atoms with E-state index >= 15 is 0 Å². The second-order valence-corrected chi connectivity index (χ2v) is 9.99. The Morgan fingerprint density at radius 1 is 0.800 bits per heavy atom. The van der Waals surface area contributed by atoms with Crippen LogP contribution in [0, 0.1) is 5.92 Å². The summed E-state index contributed by atoms with van der Waals surface area (Å²) in [5.41, 5.74) is 3.10. The van der Waals surface area contributed by atoms with Crippen LogP contribution in [-0.4, -0.2) is 83.2 Å². The summed E-state index contributed by atoms with van der Waals surface area (Å²) in [6, 6.07) is 10.3. The van der Waals surface area contributed by atoms with Crippen LogP contribution in [0.3, 0.4) is 0 Å². The van der Waals surface area contributed by atoms with Gasteiger partial charge in [-0.2, -0.15) is 0 Å². The maximum Gasteiger partial charge on any atom is 0.226 e. The molecule has 1 N–H and O–H groups in total. The molecule has 0 bridgehead atoms. The number of nitrogens with zero attached hydrogens (tertiary/aromatic N) is 3. The Bertz CT molecular complexity index is 713. The topological polar surface area (TPSA) is 47.0 Å². The van der Waals surface area contributed by atoms with Gasteiger partial charge in [0, 0.05) is 31.7 Å². The number of hydrogen-bond acceptors (Lipinski definition) is 4. The zero-order valence-electron chi connectivity index (χ0n) is 18.2. The molecule has 1 aromatic rings. The number of aliphatic hydroxyl groups excluding tert-OH is 1. The number of aliphatic hydroxyl groups is 1. The number of rotatable bonds is 3. The van der Waals surface area contributed by atoms with E-state index in [2.05, 4.69) is 34.1 Å². The average molecular weight is 412 g/mol. The molecule has 3 heterocycles. The van der Waals surface area contributed by atoms with Crippen LogP contribution in [0.2, 0.25) is 0 Å². The summed E-state index contributed by atoms with van der Waals surface area (Å²) >= 11 is 0. The van der Waals surface area contributed by atoms with Crippen molar-refractivity contribution in [3.05, 3.63) is 35.4 Å². The molecule has 0 unspecified atom stereocenters. The van der Waals surface area contributed by atoms with Gasteiger partial charge < -0.3 is 10.0 Å². The molecule has 3 fully saturated rings. The highest BCUT2D eigenvalue weighted by molar-refractivity contribution is 5.79. The van der Waals surface area contributed by atoms with Crippen molar-refractivity contribution in [2.24, 2.45) is 5.92 Å². The van der Waals surface area contributed by atoms with Crippen molar-refractivity contribution in [3.63, 3.8) is 0 Å². The largest absolute Gasteiger partial charge is 0.393 e. The Kier molecular flexibility index (Phi) is 6.12. The predicted molar refractivity (Wildman–Crippen MR) is 118 cm³/mol. The molecule has 0 saturated carbocycles. The number of likely N-dealkylation sites (tertiary alicyclic amines) is 3. The summed E-state index contributed by atoms with van der Waals surface area (Å²) in [5.74, 6) is 0.504. The van der Waals surface area contributed by atoms with Crippen LogP contribution in [0.25, 0.3) is 0 Å². The summed E-state index contributed by atoms with van der Waals surface area (Å²) in [6.45, 7) is 5.96. The molecule has 5 rings (SSSR count). The molecule has 5 heteroatoms. The van der Waals surface area contributed by atoms with Crippen LogP contribution >= 0.6 is 0 Å². The molecule has 0 radical (unpaired) electrons. The Morgan fingerprint density at radius 2 is 1.47 bits per heavy atom. The fraction of sp³-hybridized carbons (Fsp3) is 0.720. The lowest BCUT2D eigenvalue weighted by Gasteiger charge is -2.44. The molecule has 3 saturated heterocycles. The zero-order chi connectivity index (χ0) is 20.5. The first kappa shape index (κ1) is 20.5. The van der Waals surface area contributed by atoms with E-state index in [9.17, 15) is 9.90 Å². The van der Waals surface area contributed by atoms with Crippen LogP contribution in [0.5, 0.6) is 0 Å². The third kappa shape index (κ3) is 4.30. The van der Waals surface area contributed by atoms with E-state index in [1.807, 2.05) is 4.90 Å². The third-order valence-electron chi connectivity index (χ3n) is 8.14.